The van der Waals surface area contributed by atoms with Gasteiger partial charge in [-0.05, 0) is 68.9 Å². The Bertz CT molecular complexity index is 798. The lowest BCUT2D eigenvalue weighted by Gasteiger charge is -2.42. The summed E-state index contributed by atoms with van der Waals surface area (Å²) in [6, 6.07) is 11.7. The molecule has 6 heteroatoms. The molecule has 2 bridgehead atoms. The molecule has 3 aliphatic heterocycles. The molecule has 3 heterocycles. The average Bonchev–Trinajstić information content (AvgIpc) is 3.62. The summed E-state index contributed by atoms with van der Waals surface area (Å²) in [5, 5.41) is 13.2. The van der Waals surface area contributed by atoms with E-state index in [4.69, 9.17) is 14.2 Å². The molecule has 2 aliphatic carbocycles. The fourth-order valence-electron chi connectivity index (χ4n) is 5.67. The van der Waals surface area contributed by atoms with Crippen molar-refractivity contribution in [3.63, 3.8) is 0 Å². The van der Waals surface area contributed by atoms with Crippen molar-refractivity contribution in [2.45, 2.75) is 75.5 Å². The summed E-state index contributed by atoms with van der Waals surface area (Å²) >= 11 is 0. The van der Waals surface area contributed by atoms with Crippen LogP contribution in [0.2, 0.25) is 0 Å². The zero-order valence-corrected chi connectivity index (χ0v) is 19.1. The van der Waals surface area contributed by atoms with Gasteiger partial charge < -0.3 is 19.5 Å². The molecule has 0 aromatic heterocycles. The number of nitrogens with zero attached hydrogens (tertiary/aromatic N) is 2. The molecule has 1 aromatic carbocycles. The van der Waals surface area contributed by atoms with Gasteiger partial charge in [-0.15, -0.1) is 0 Å². The molecule has 1 N–H and O–H groups in total. The molecule has 6 nitrogen and oxygen atoms in total. The van der Waals surface area contributed by atoms with E-state index in [1.165, 1.54) is 5.56 Å². The summed E-state index contributed by atoms with van der Waals surface area (Å²) in [6.07, 6.45) is 9.21. The van der Waals surface area contributed by atoms with Gasteiger partial charge in [-0.2, -0.15) is 5.26 Å². The van der Waals surface area contributed by atoms with Crippen LogP contribution in [0.25, 0.3) is 0 Å². The molecule has 0 spiro atoms. The van der Waals surface area contributed by atoms with E-state index < -0.39 is 0 Å². The van der Waals surface area contributed by atoms with Gasteiger partial charge in [0.1, 0.15) is 12.4 Å². The van der Waals surface area contributed by atoms with Crippen molar-refractivity contribution in [1.82, 2.24) is 10.2 Å². The van der Waals surface area contributed by atoms with Crippen LogP contribution in [0.3, 0.4) is 0 Å². The predicted octanol–water partition coefficient (Wildman–Crippen LogP) is 3.82. The highest BCUT2D eigenvalue weighted by Gasteiger charge is 2.44. The van der Waals surface area contributed by atoms with Crippen LogP contribution >= 0.6 is 0 Å². The number of hydrogen-bond donors (Lipinski definition) is 1. The van der Waals surface area contributed by atoms with Gasteiger partial charge in [0.2, 0.25) is 0 Å². The maximum Gasteiger partial charge on any atom is 0.122 e. The van der Waals surface area contributed by atoms with Crippen LogP contribution in [0.15, 0.2) is 24.3 Å². The number of hydrogen-bond acceptors (Lipinski definition) is 6. The van der Waals surface area contributed by atoms with Gasteiger partial charge in [-0.3, -0.25) is 4.90 Å². The molecular weight excluding hydrogens is 402 g/mol. The van der Waals surface area contributed by atoms with Crippen molar-refractivity contribution < 1.29 is 14.2 Å². The highest BCUT2D eigenvalue weighted by atomic mass is 16.5. The van der Waals surface area contributed by atoms with E-state index >= 15 is 0 Å². The minimum absolute atomic E-state index is 0.121. The summed E-state index contributed by atoms with van der Waals surface area (Å²) in [5.41, 5.74) is 1.22. The molecule has 174 valence electrons. The van der Waals surface area contributed by atoms with Crippen molar-refractivity contribution >= 4 is 0 Å². The fraction of sp³-hybridized carbons (Fsp3) is 0.731. The number of rotatable bonds is 3. The summed E-state index contributed by atoms with van der Waals surface area (Å²) in [5.74, 6) is 1.57. The highest BCUT2D eigenvalue weighted by molar-refractivity contribution is 5.36. The Balaban J connectivity index is 1.27. The fourth-order valence-corrected chi connectivity index (χ4v) is 5.67. The molecule has 6 rings (SSSR count). The second kappa shape index (κ2) is 10.1. The average molecular weight is 440 g/mol. The Kier molecular flexibility index (Phi) is 6.99. The standard InChI is InChI=1S/C26H37N3O3/c27-17-26(11-12-26)18-28-23-5-3-13-29-19-30-14-15-31-25-6-2-1-4-22(25)20-7-9-21(10-8-20)32-16-24(23)29/h1-2,4,6,20-21,23-24,28H,3,5,7-16,18-19H2/t20?,21?,23-,24-/m0/s1. The first-order valence-electron chi connectivity index (χ1n) is 12.6. The van der Waals surface area contributed by atoms with E-state index in [2.05, 4.69) is 40.6 Å². The number of benzene rings is 1. The number of ether oxygens (including phenoxy) is 3. The summed E-state index contributed by atoms with van der Waals surface area (Å²) in [7, 11) is 0. The summed E-state index contributed by atoms with van der Waals surface area (Å²) in [4.78, 5) is 2.44. The lowest BCUT2D eigenvalue weighted by Crippen LogP contribution is -2.57. The van der Waals surface area contributed by atoms with E-state index in [0.29, 0.717) is 44.1 Å². The number of piperidine rings is 1. The Hall–Kier alpha value is -1.65. The molecular formula is C26H37N3O3. The molecule has 3 fully saturated rings. The zero-order chi connectivity index (χ0) is 21.8. The summed E-state index contributed by atoms with van der Waals surface area (Å²) < 4.78 is 18.7. The van der Waals surface area contributed by atoms with Gasteiger partial charge in [0.05, 0.1) is 43.6 Å². The van der Waals surface area contributed by atoms with Gasteiger partial charge in [0.25, 0.3) is 0 Å². The van der Waals surface area contributed by atoms with Crippen molar-refractivity contribution in [2.75, 3.05) is 39.6 Å². The van der Waals surface area contributed by atoms with Crippen LogP contribution in [0.4, 0.5) is 0 Å². The minimum Gasteiger partial charge on any atom is -0.491 e. The van der Waals surface area contributed by atoms with Crippen LogP contribution in [0, 0.1) is 16.7 Å². The third-order valence-corrected chi connectivity index (χ3v) is 7.97. The van der Waals surface area contributed by atoms with E-state index in [1.807, 2.05) is 0 Å². The van der Waals surface area contributed by atoms with Gasteiger partial charge in [0.15, 0.2) is 0 Å². The topological polar surface area (TPSA) is 66.8 Å². The van der Waals surface area contributed by atoms with Crippen LogP contribution in [0.5, 0.6) is 5.75 Å². The van der Waals surface area contributed by atoms with E-state index in [1.54, 1.807) is 0 Å². The van der Waals surface area contributed by atoms with Gasteiger partial charge >= 0.3 is 0 Å². The number of para-hydroxylation sites is 1. The van der Waals surface area contributed by atoms with Gasteiger partial charge in [0, 0.05) is 19.1 Å². The second-order valence-corrected chi connectivity index (χ2v) is 10.1. The summed E-state index contributed by atoms with van der Waals surface area (Å²) in [6.45, 7) is 4.34. The lowest BCUT2D eigenvalue weighted by molar-refractivity contribution is -0.0705. The van der Waals surface area contributed by atoms with Crippen LogP contribution in [-0.4, -0.2) is 62.7 Å². The monoisotopic (exact) mass is 439 g/mol. The molecule has 0 radical (unpaired) electrons. The largest absolute Gasteiger partial charge is 0.491 e. The van der Waals surface area contributed by atoms with Crippen LogP contribution in [-0.2, 0) is 9.47 Å². The molecule has 1 saturated heterocycles. The molecule has 32 heavy (non-hydrogen) atoms. The molecule has 0 amide bonds. The molecule has 5 aliphatic rings. The predicted molar refractivity (Wildman–Crippen MR) is 123 cm³/mol. The van der Waals surface area contributed by atoms with Crippen molar-refractivity contribution in [2.24, 2.45) is 5.41 Å². The van der Waals surface area contributed by atoms with Crippen molar-refractivity contribution in [3.05, 3.63) is 29.8 Å². The first-order chi connectivity index (χ1) is 15.8. The Morgan fingerprint density at radius 1 is 1.09 bits per heavy atom. The van der Waals surface area contributed by atoms with Crippen molar-refractivity contribution in [1.29, 1.82) is 5.26 Å². The number of nitrogens with one attached hydrogen (secondary N) is 1. The molecule has 1 aromatic rings. The third kappa shape index (κ3) is 5.12. The third-order valence-electron chi connectivity index (χ3n) is 7.97. The number of fused-ring (bicyclic) bond motifs is 7. The molecule has 2 atom stereocenters. The Labute approximate surface area is 192 Å². The quantitative estimate of drug-likeness (QED) is 0.772. The van der Waals surface area contributed by atoms with Gasteiger partial charge in [-0.25, -0.2) is 0 Å². The van der Waals surface area contributed by atoms with Crippen LogP contribution in [0.1, 0.15) is 62.8 Å². The SMILES string of the molecule is N#CC1(CN[C@H]2CCCN3COCCOc4ccccc4C4CCC(CC4)OC[C@@H]23)CC1. The normalized spacial score (nSPS) is 33.0. The van der Waals surface area contributed by atoms with Crippen molar-refractivity contribution in [3.8, 4) is 11.8 Å². The first kappa shape index (κ1) is 22.2. The Morgan fingerprint density at radius 3 is 2.75 bits per heavy atom. The maximum atomic E-state index is 9.48. The molecule has 0 unspecified atom stereocenters. The Morgan fingerprint density at radius 2 is 1.94 bits per heavy atom. The molecule has 2 saturated carbocycles. The van der Waals surface area contributed by atoms with Gasteiger partial charge in [-0.1, -0.05) is 18.2 Å². The van der Waals surface area contributed by atoms with E-state index in [9.17, 15) is 5.26 Å². The zero-order valence-electron chi connectivity index (χ0n) is 19.1. The first-order valence-corrected chi connectivity index (χ1v) is 12.6. The number of nitriles is 1. The maximum absolute atomic E-state index is 9.48. The van der Waals surface area contributed by atoms with E-state index in [-0.39, 0.29) is 5.41 Å². The van der Waals surface area contributed by atoms with Crippen LogP contribution < -0.4 is 10.1 Å². The second-order valence-electron chi connectivity index (χ2n) is 10.1. The minimum atomic E-state index is -0.121. The van der Waals surface area contributed by atoms with E-state index in [0.717, 1.165) is 76.8 Å². The smallest absolute Gasteiger partial charge is 0.122 e. The highest BCUT2D eigenvalue weighted by Crippen LogP contribution is 2.44. The lowest BCUT2D eigenvalue weighted by atomic mass is 9.82.